The predicted molar refractivity (Wildman–Crippen MR) is 107 cm³/mol. The number of pyridine rings is 1. The molecule has 2 aromatic heterocycles. The molecule has 0 spiro atoms. The summed E-state index contributed by atoms with van der Waals surface area (Å²) in [4.78, 5) is 18.9. The van der Waals surface area contributed by atoms with E-state index in [2.05, 4.69) is 21.4 Å². The highest BCUT2D eigenvalue weighted by Crippen LogP contribution is 2.28. The van der Waals surface area contributed by atoms with Gasteiger partial charge >= 0.3 is 0 Å². The molecular formula is C21H23N5O2. The van der Waals surface area contributed by atoms with E-state index in [4.69, 9.17) is 9.72 Å². The SMILES string of the molecule is Cc1cc2c(nc1N1CCC(Oc3ccc4nn(C)cc4c3)CC1)CNC2=O. The van der Waals surface area contributed by atoms with E-state index < -0.39 is 0 Å². The summed E-state index contributed by atoms with van der Waals surface area (Å²) in [5, 5.41) is 8.34. The van der Waals surface area contributed by atoms with Crippen LogP contribution >= 0.6 is 0 Å². The van der Waals surface area contributed by atoms with Crippen molar-refractivity contribution in [1.29, 1.82) is 0 Å². The topological polar surface area (TPSA) is 72.3 Å². The molecule has 3 aromatic rings. The molecule has 1 N–H and O–H groups in total. The third-order valence-corrected chi connectivity index (χ3v) is 5.56. The van der Waals surface area contributed by atoms with Gasteiger partial charge in [0, 0.05) is 44.6 Å². The number of anilines is 1. The summed E-state index contributed by atoms with van der Waals surface area (Å²) in [6, 6.07) is 8.03. The molecule has 0 atom stereocenters. The van der Waals surface area contributed by atoms with Crippen molar-refractivity contribution in [2.24, 2.45) is 7.05 Å². The zero-order valence-electron chi connectivity index (χ0n) is 16.1. The molecule has 1 amide bonds. The Morgan fingerprint density at radius 2 is 2.04 bits per heavy atom. The zero-order valence-corrected chi connectivity index (χ0v) is 16.1. The fourth-order valence-electron chi connectivity index (χ4n) is 4.13. The van der Waals surface area contributed by atoms with Gasteiger partial charge in [-0.1, -0.05) is 0 Å². The molecule has 1 fully saturated rings. The molecule has 0 saturated carbocycles. The van der Waals surface area contributed by atoms with Crippen LogP contribution in [0.3, 0.4) is 0 Å². The van der Waals surface area contributed by atoms with Gasteiger partial charge in [-0.15, -0.1) is 0 Å². The van der Waals surface area contributed by atoms with Gasteiger partial charge in [0.15, 0.2) is 0 Å². The van der Waals surface area contributed by atoms with Crippen molar-refractivity contribution in [3.05, 3.63) is 47.3 Å². The van der Waals surface area contributed by atoms with Crippen LogP contribution in [0.1, 0.15) is 34.5 Å². The number of piperidine rings is 1. The zero-order chi connectivity index (χ0) is 19.3. The molecule has 0 bridgehead atoms. The molecule has 0 aliphatic carbocycles. The fourth-order valence-corrected chi connectivity index (χ4v) is 4.13. The number of nitrogens with one attached hydrogen (secondary N) is 1. The van der Waals surface area contributed by atoms with Gasteiger partial charge in [0.2, 0.25) is 0 Å². The molecule has 0 radical (unpaired) electrons. The monoisotopic (exact) mass is 377 g/mol. The molecule has 2 aliphatic heterocycles. The maximum Gasteiger partial charge on any atom is 0.253 e. The number of fused-ring (bicyclic) bond motifs is 2. The number of hydrogen-bond acceptors (Lipinski definition) is 5. The fraction of sp³-hybridized carbons (Fsp3) is 0.381. The number of aryl methyl sites for hydroxylation is 2. The molecule has 28 heavy (non-hydrogen) atoms. The van der Waals surface area contributed by atoms with Gasteiger partial charge in [-0.25, -0.2) is 4.98 Å². The molecular weight excluding hydrogens is 354 g/mol. The summed E-state index contributed by atoms with van der Waals surface area (Å²) >= 11 is 0. The van der Waals surface area contributed by atoms with E-state index in [0.717, 1.165) is 59.7 Å². The standard InChI is InChI=1S/C21H23N5O2/c1-13-9-17-19(11-22-21(17)27)23-20(13)26-7-5-15(6-8-26)28-16-3-4-18-14(10-16)12-25(2)24-18/h3-4,9-10,12,15H,5-8,11H2,1-2H3,(H,22,27). The Morgan fingerprint density at radius 1 is 1.21 bits per heavy atom. The lowest BCUT2D eigenvalue weighted by Gasteiger charge is -2.34. The highest BCUT2D eigenvalue weighted by molar-refractivity contribution is 5.98. The molecule has 144 valence electrons. The van der Waals surface area contributed by atoms with Gasteiger partial charge in [0.05, 0.1) is 23.3 Å². The van der Waals surface area contributed by atoms with E-state index in [1.165, 1.54) is 0 Å². The average Bonchev–Trinajstić information content (AvgIpc) is 3.23. The van der Waals surface area contributed by atoms with Gasteiger partial charge in [-0.3, -0.25) is 9.48 Å². The van der Waals surface area contributed by atoms with Crippen LogP contribution in [0, 0.1) is 6.92 Å². The summed E-state index contributed by atoms with van der Waals surface area (Å²) in [6.45, 7) is 4.35. The van der Waals surface area contributed by atoms with Crippen LogP contribution in [0.25, 0.3) is 10.9 Å². The van der Waals surface area contributed by atoms with Crippen molar-refractivity contribution in [3.63, 3.8) is 0 Å². The first-order chi connectivity index (χ1) is 13.6. The number of aromatic nitrogens is 3. The van der Waals surface area contributed by atoms with Crippen molar-refractivity contribution in [2.45, 2.75) is 32.4 Å². The van der Waals surface area contributed by atoms with E-state index in [0.29, 0.717) is 12.1 Å². The Labute approximate surface area is 163 Å². The van der Waals surface area contributed by atoms with E-state index in [1.54, 1.807) is 0 Å². The van der Waals surface area contributed by atoms with Crippen LogP contribution < -0.4 is 15.0 Å². The minimum Gasteiger partial charge on any atom is -0.490 e. The summed E-state index contributed by atoms with van der Waals surface area (Å²) in [7, 11) is 1.93. The number of hydrogen-bond donors (Lipinski definition) is 1. The first-order valence-electron chi connectivity index (χ1n) is 9.70. The smallest absolute Gasteiger partial charge is 0.253 e. The van der Waals surface area contributed by atoms with Gasteiger partial charge in [0.1, 0.15) is 17.7 Å². The highest BCUT2D eigenvalue weighted by Gasteiger charge is 2.26. The third-order valence-electron chi connectivity index (χ3n) is 5.56. The van der Waals surface area contributed by atoms with Crippen LogP contribution in [0.15, 0.2) is 30.5 Å². The van der Waals surface area contributed by atoms with Crippen LogP contribution in [-0.2, 0) is 13.6 Å². The highest BCUT2D eigenvalue weighted by atomic mass is 16.5. The summed E-state index contributed by atoms with van der Waals surface area (Å²) in [5.74, 6) is 1.87. The minimum atomic E-state index is -0.0187. The van der Waals surface area contributed by atoms with E-state index in [1.807, 2.05) is 43.0 Å². The van der Waals surface area contributed by atoms with Gasteiger partial charge in [-0.2, -0.15) is 5.10 Å². The molecule has 4 heterocycles. The first kappa shape index (κ1) is 17.0. The number of ether oxygens (including phenoxy) is 1. The lowest BCUT2D eigenvalue weighted by atomic mass is 10.1. The Kier molecular flexibility index (Phi) is 3.96. The van der Waals surface area contributed by atoms with E-state index in [-0.39, 0.29) is 12.0 Å². The molecule has 7 nitrogen and oxygen atoms in total. The normalized spacial score (nSPS) is 17.1. The second-order valence-electron chi connectivity index (χ2n) is 7.63. The number of carbonyl (C=O) groups is 1. The van der Waals surface area contributed by atoms with Crippen molar-refractivity contribution in [1.82, 2.24) is 20.1 Å². The van der Waals surface area contributed by atoms with Crippen molar-refractivity contribution in [2.75, 3.05) is 18.0 Å². The Hall–Kier alpha value is -3.09. The summed E-state index contributed by atoms with van der Waals surface area (Å²) < 4.78 is 8.06. The molecule has 2 aliphatic rings. The van der Waals surface area contributed by atoms with Crippen molar-refractivity contribution in [3.8, 4) is 5.75 Å². The number of carbonyl (C=O) groups excluding carboxylic acids is 1. The number of nitrogens with zero attached hydrogens (tertiary/aromatic N) is 4. The Bertz CT molecular complexity index is 1070. The molecule has 7 heteroatoms. The lowest BCUT2D eigenvalue weighted by molar-refractivity contribution is 0.0965. The number of rotatable bonds is 3. The molecule has 0 unspecified atom stereocenters. The largest absolute Gasteiger partial charge is 0.490 e. The summed E-state index contributed by atoms with van der Waals surface area (Å²) in [5.41, 5.74) is 3.60. The first-order valence-corrected chi connectivity index (χ1v) is 9.70. The van der Waals surface area contributed by atoms with Gasteiger partial charge < -0.3 is 15.0 Å². The van der Waals surface area contributed by atoms with E-state index in [9.17, 15) is 4.79 Å². The summed E-state index contributed by atoms with van der Waals surface area (Å²) in [6.07, 6.45) is 4.09. The van der Waals surface area contributed by atoms with Crippen molar-refractivity contribution >= 4 is 22.6 Å². The average molecular weight is 377 g/mol. The predicted octanol–water partition coefficient (Wildman–Crippen LogP) is 2.57. The van der Waals surface area contributed by atoms with Crippen LogP contribution in [0.2, 0.25) is 0 Å². The van der Waals surface area contributed by atoms with E-state index >= 15 is 0 Å². The van der Waals surface area contributed by atoms with Crippen molar-refractivity contribution < 1.29 is 9.53 Å². The Morgan fingerprint density at radius 3 is 2.86 bits per heavy atom. The molecule has 1 aromatic carbocycles. The number of amides is 1. The third kappa shape index (κ3) is 2.96. The quantitative estimate of drug-likeness (QED) is 0.760. The van der Waals surface area contributed by atoms with Crippen LogP contribution in [0.5, 0.6) is 5.75 Å². The van der Waals surface area contributed by atoms with Gasteiger partial charge in [0.25, 0.3) is 5.91 Å². The minimum absolute atomic E-state index is 0.0187. The maximum atomic E-state index is 11.8. The van der Waals surface area contributed by atoms with Crippen LogP contribution in [0.4, 0.5) is 5.82 Å². The second kappa shape index (κ2) is 6.51. The maximum absolute atomic E-state index is 11.8. The van der Waals surface area contributed by atoms with Crippen LogP contribution in [-0.4, -0.2) is 39.9 Å². The Balaban J connectivity index is 1.26. The molecule has 1 saturated heterocycles. The lowest BCUT2D eigenvalue weighted by Crippen LogP contribution is -2.39. The number of benzene rings is 1. The van der Waals surface area contributed by atoms with Gasteiger partial charge in [-0.05, 0) is 36.8 Å². The molecule has 5 rings (SSSR count). The second-order valence-corrected chi connectivity index (χ2v) is 7.63.